The van der Waals surface area contributed by atoms with Crippen LogP contribution in [0.1, 0.15) is 44.7 Å². The second kappa shape index (κ2) is 9.74. The lowest BCUT2D eigenvalue weighted by Gasteiger charge is -2.18. The fraction of sp³-hybridized carbons (Fsp3) is 0.304. The third-order valence-electron chi connectivity index (χ3n) is 4.53. The minimum absolute atomic E-state index is 0.126. The topological polar surface area (TPSA) is 60.5 Å². The molecule has 0 radical (unpaired) electrons. The van der Waals surface area contributed by atoms with Gasteiger partial charge in [0.05, 0.1) is 18.2 Å². The van der Waals surface area contributed by atoms with Gasteiger partial charge in [-0.25, -0.2) is 4.79 Å². The number of benzene rings is 2. The summed E-state index contributed by atoms with van der Waals surface area (Å²) in [6.07, 6.45) is 4.17. The summed E-state index contributed by atoms with van der Waals surface area (Å²) in [6.45, 7) is 4.88. The number of carbonyl (C=O) groups is 1. The number of aromatic nitrogens is 1. The summed E-state index contributed by atoms with van der Waals surface area (Å²) in [5.74, 6) is 1.34. The molecule has 0 aliphatic rings. The zero-order chi connectivity index (χ0) is 19.8. The highest BCUT2D eigenvalue weighted by Gasteiger charge is 2.14. The first kappa shape index (κ1) is 19.7. The average molecular weight is 378 g/mol. The van der Waals surface area contributed by atoms with Gasteiger partial charge in [-0.15, -0.1) is 0 Å². The Bertz CT molecular complexity index is 909. The summed E-state index contributed by atoms with van der Waals surface area (Å²) < 4.78 is 11.2. The number of fused-ring (bicyclic) bond motifs is 1. The molecule has 0 fully saturated rings. The van der Waals surface area contributed by atoms with E-state index in [0.29, 0.717) is 5.75 Å². The summed E-state index contributed by atoms with van der Waals surface area (Å²) in [4.78, 5) is 16.6. The molecule has 0 bridgehead atoms. The molecule has 0 spiro atoms. The minimum atomic E-state index is -0.474. The molecule has 5 nitrogen and oxygen atoms in total. The van der Waals surface area contributed by atoms with E-state index in [2.05, 4.69) is 17.2 Å². The molecule has 0 saturated heterocycles. The van der Waals surface area contributed by atoms with Crippen LogP contribution in [0.15, 0.2) is 60.8 Å². The lowest BCUT2D eigenvalue weighted by molar-refractivity contribution is 0.195. The number of rotatable bonds is 8. The van der Waals surface area contributed by atoms with Crippen molar-refractivity contribution in [3.63, 3.8) is 0 Å². The van der Waals surface area contributed by atoms with E-state index in [4.69, 9.17) is 9.47 Å². The van der Waals surface area contributed by atoms with Gasteiger partial charge >= 0.3 is 6.09 Å². The Morgan fingerprint density at radius 1 is 1.07 bits per heavy atom. The highest BCUT2D eigenvalue weighted by atomic mass is 16.6. The maximum absolute atomic E-state index is 12.4. The molecule has 1 N–H and O–H groups in total. The second-order valence-electron chi connectivity index (χ2n) is 6.62. The molecule has 1 aromatic heterocycles. The van der Waals surface area contributed by atoms with Gasteiger partial charge in [0.25, 0.3) is 0 Å². The predicted molar refractivity (Wildman–Crippen MR) is 111 cm³/mol. The van der Waals surface area contributed by atoms with E-state index in [1.165, 1.54) is 0 Å². The Kier molecular flexibility index (Phi) is 6.84. The van der Waals surface area contributed by atoms with Gasteiger partial charge in [-0.05, 0) is 54.8 Å². The SMILES string of the molecule is CCCCOc1ccc(C(CC)NC(=O)Oc2ccc3ncccc3c2)cc1. The van der Waals surface area contributed by atoms with Crippen molar-refractivity contribution in [1.29, 1.82) is 0 Å². The number of unbranched alkanes of at least 4 members (excludes halogenated alkanes) is 1. The van der Waals surface area contributed by atoms with Gasteiger partial charge in [0.1, 0.15) is 11.5 Å². The monoisotopic (exact) mass is 378 g/mol. The lowest BCUT2D eigenvalue weighted by atomic mass is 10.0. The van der Waals surface area contributed by atoms with E-state index in [9.17, 15) is 4.79 Å². The van der Waals surface area contributed by atoms with Gasteiger partial charge < -0.3 is 14.8 Å². The van der Waals surface area contributed by atoms with Crippen LogP contribution in [0.5, 0.6) is 11.5 Å². The van der Waals surface area contributed by atoms with Gasteiger partial charge in [-0.2, -0.15) is 0 Å². The smallest absolute Gasteiger partial charge is 0.413 e. The molecular formula is C23H26N2O3. The fourth-order valence-electron chi connectivity index (χ4n) is 2.95. The van der Waals surface area contributed by atoms with Crippen molar-refractivity contribution < 1.29 is 14.3 Å². The molecule has 1 atom stereocenters. The first-order chi connectivity index (χ1) is 13.7. The molecule has 0 saturated carbocycles. The Labute approximate surface area is 165 Å². The molecule has 3 aromatic rings. The van der Waals surface area contributed by atoms with Gasteiger partial charge in [0.2, 0.25) is 0 Å². The van der Waals surface area contributed by atoms with Crippen molar-refractivity contribution in [3.05, 3.63) is 66.4 Å². The van der Waals surface area contributed by atoms with Crippen molar-refractivity contribution in [1.82, 2.24) is 10.3 Å². The van der Waals surface area contributed by atoms with Crippen molar-refractivity contribution >= 4 is 17.0 Å². The Hall–Kier alpha value is -3.08. The van der Waals surface area contributed by atoms with Crippen LogP contribution < -0.4 is 14.8 Å². The molecule has 5 heteroatoms. The maximum atomic E-state index is 12.4. The molecule has 3 rings (SSSR count). The summed E-state index contributed by atoms with van der Waals surface area (Å²) >= 11 is 0. The van der Waals surface area contributed by atoms with Crippen LogP contribution in [0.25, 0.3) is 10.9 Å². The molecular weight excluding hydrogens is 352 g/mol. The fourth-order valence-corrected chi connectivity index (χ4v) is 2.95. The maximum Gasteiger partial charge on any atom is 0.413 e. The number of carbonyl (C=O) groups excluding carboxylic acids is 1. The second-order valence-corrected chi connectivity index (χ2v) is 6.62. The quantitative estimate of drug-likeness (QED) is 0.514. The molecule has 2 aromatic carbocycles. The van der Waals surface area contributed by atoms with Crippen LogP contribution in [-0.2, 0) is 0 Å². The first-order valence-electron chi connectivity index (χ1n) is 9.75. The Morgan fingerprint density at radius 3 is 2.61 bits per heavy atom. The van der Waals surface area contributed by atoms with E-state index in [1.54, 1.807) is 12.3 Å². The predicted octanol–water partition coefficient (Wildman–Crippen LogP) is 5.65. The van der Waals surface area contributed by atoms with Crippen LogP contribution in [0.2, 0.25) is 0 Å². The third-order valence-corrected chi connectivity index (χ3v) is 4.53. The highest BCUT2D eigenvalue weighted by molar-refractivity contribution is 5.81. The van der Waals surface area contributed by atoms with E-state index < -0.39 is 6.09 Å². The zero-order valence-electron chi connectivity index (χ0n) is 16.4. The number of pyridine rings is 1. The lowest BCUT2D eigenvalue weighted by Crippen LogP contribution is -2.30. The van der Waals surface area contributed by atoms with Crippen molar-refractivity contribution in [2.45, 2.75) is 39.2 Å². The van der Waals surface area contributed by atoms with Crippen molar-refractivity contribution in [2.24, 2.45) is 0 Å². The van der Waals surface area contributed by atoms with E-state index in [-0.39, 0.29) is 6.04 Å². The molecule has 0 aliphatic carbocycles. The molecule has 1 unspecified atom stereocenters. The first-order valence-corrected chi connectivity index (χ1v) is 9.75. The molecule has 0 aliphatic heterocycles. The Morgan fingerprint density at radius 2 is 1.86 bits per heavy atom. The van der Waals surface area contributed by atoms with Crippen LogP contribution in [0, 0.1) is 0 Å². The number of nitrogens with one attached hydrogen (secondary N) is 1. The Balaban J connectivity index is 1.60. The minimum Gasteiger partial charge on any atom is -0.494 e. The average Bonchev–Trinajstić information content (AvgIpc) is 2.73. The largest absolute Gasteiger partial charge is 0.494 e. The van der Waals surface area contributed by atoms with E-state index in [1.807, 2.05) is 55.5 Å². The van der Waals surface area contributed by atoms with E-state index >= 15 is 0 Å². The zero-order valence-corrected chi connectivity index (χ0v) is 16.4. The third kappa shape index (κ3) is 5.22. The van der Waals surface area contributed by atoms with Crippen LogP contribution in [0.4, 0.5) is 4.79 Å². The number of hydrogen-bond acceptors (Lipinski definition) is 4. The molecule has 1 heterocycles. The summed E-state index contributed by atoms with van der Waals surface area (Å²) in [5, 5.41) is 3.86. The molecule has 28 heavy (non-hydrogen) atoms. The summed E-state index contributed by atoms with van der Waals surface area (Å²) in [7, 11) is 0. The number of hydrogen-bond donors (Lipinski definition) is 1. The summed E-state index contributed by atoms with van der Waals surface area (Å²) in [5.41, 5.74) is 1.88. The van der Waals surface area contributed by atoms with Crippen molar-refractivity contribution in [2.75, 3.05) is 6.61 Å². The van der Waals surface area contributed by atoms with Gasteiger partial charge in [0, 0.05) is 11.6 Å². The number of amides is 1. The highest BCUT2D eigenvalue weighted by Crippen LogP contribution is 2.22. The molecule has 146 valence electrons. The van der Waals surface area contributed by atoms with Gasteiger partial charge in [0.15, 0.2) is 0 Å². The number of ether oxygens (including phenoxy) is 2. The number of nitrogens with zero attached hydrogens (tertiary/aromatic N) is 1. The summed E-state index contributed by atoms with van der Waals surface area (Å²) in [6, 6.07) is 16.9. The van der Waals surface area contributed by atoms with Crippen LogP contribution >= 0.6 is 0 Å². The van der Waals surface area contributed by atoms with Gasteiger partial charge in [-0.3, -0.25) is 4.98 Å². The standard InChI is InChI=1S/C23H26N2O3/c1-3-5-15-27-19-10-8-17(9-11-19)21(4-2)25-23(26)28-20-12-13-22-18(16-20)7-6-14-24-22/h6-14,16,21H,3-5,15H2,1-2H3,(H,25,26). The van der Waals surface area contributed by atoms with Crippen molar-refractivity contribution in [3.8, 4) is 11.5 Å². The normalized spacial score (nSPS) is 11.8. The molecule has 1 amide bonds. The van der Waals surface area contributed by atoms with Crippen LogP contribution in [0.3, 0.4) is 0 Å². The van der Waals surface area contributed by atoms with Crippen LogP contribution in [-0.4, -0.2) is 17.7 Å². The van der Waals surface area contributed by atoms with E-state index in [0.717, 1.165) is 48.1 Å². The van der Waals surface area contributed by atoms with Gasteiger partial charge in [-0.1, -0.05) is 38.5 Å².